The minimum absolute atomic E-state index is 0.0313. The van der Waals surface area contributed by atoms with Gasteiger partial charge in [0.2, 0.25) is 5.36 Å². The van der Waals surface area contributed by atoms with Crippen LogP contribution in [-0.4, -0.2) is 114 Å². The number of methoxy groups -OCH3 is 2. The van der Waals surface area contributed by atoms with Crippen LogP contribution in [0, 0.1) is 10.1 Å². The number of rotatable bonds is 26. The number of non-ortho nitro benzene ring substituents is 1. The molecule has 0 saturated heterocycles. The SMILES string of the molecule is COc1cc(/N=N/c2ccc([N+](=O)[O-])cc2)c(OC)cc1/N=N/c1ccc(N(CCO)CCOP(=O)(O)OCCCCCCNC(=O)c2ccc(C(=O)O)c(-c3c4ccc(=[N+](C)C)cc-4oc4cc(N(C)C)ccc34)c2)cc1. The fourth-order valence-corrected chi connectivity index (χ4v) is 9.01. The molecule has 1 aliphatic heterocycles. The Morgan fingerprint density at radius 1 is 0.731 bits per heavy atom. The maximum atomic E-state index is 13.5. The summed E-state index contributed by atoms with van der Waals surface area (Å²) in [6.07, 6.45) is 2.41. The molecule has 0 aromatic heterocycles. The van der Waals surface area contributed by atoms with E-state index in [0.29, 0.717) is 111 Å². The Labute approximate surface area is 449 Å². The van der Waals surface area contributed by atoms with Crippen molar-refractivity contribution in [3.63, 3.8) is 0 Å². The van der Waals surface area contributed by atoms with Crippen LogP contribution in [0.4, 0.5) is 39.8 Å². The highest BCUT2D eigenvalue weighted by Gasteiger charge is 2.25. The zero-order valence-corrected chi connectivity index (χ0v) is 44.9. The fraction of sp³-hybridized carbons (Fsp3) is 0.291. The van der Waals surface area contributed by atoms with Crippen LogP contribution in [0.25, 0.3) is 33.4 Å². The molecule has 7 rings (SSSR count). The summed E-state index contributed by atoms with van der Waals surface area (Å²) in [5.74, 6) is -0.279. The average Bonchev–Trinajstić information content (AvgIpc) is 3.58. The molecule has 4 N–H and O–H groups in total. The minimum atomic E-state index is -4.40. The molecule has 0 spiro atoms. The number of phosphoric acid groups is 1. The smallest absolute Gasteiger partial charge is 0.472 e. The summed E-state index contributed by atoms with van der Waals surface area (Å²) in [7, 11) is 6.21. The minimum Gasteiger partial charge on any atom is -0.494 e. The second-order valence-electron chi connectivity index (χ2n) is 18.1. The number of nitrogens with zero attached hydrogens (tertiary/aromatic N) is 8. The van der Waals surface area contributed by atoms with Crippen molar-refractivity contribution in [1.82, 2.24) is 9.89 Å². The first-order valence-electron chi connectivity index (χ1n) is 24.7. The summed E-state index contributed by atoms with van der Waals surface area (Å²) in [5.41, 5.74) is 5.68. The van der Waals surface area contributed by atoms with Crippen molar-refractivity contribution in [3.05, 3.63) is 142 Å². The van der Waals surface area contributed by atoms with E-state index < -0.39 is 18.7 Å². The molecule has 2 aliphatic rings. The molecule has 0 radical (unpaired) electrons. The van der Waals surface area contributed by atoms with Gasteiger partial charge >= 0.3 is 13.8 Å². The third-order valence-electron chi connectivity index (χ3n) is 12.4. The lowest BCUT2D eigenvalue weighted by molar-refractivity contribution is -0.384. The number of unbranched alkanes of at least 4 members (excludes halogenated alkanes) is 3. The number of aliphatic hydroxyl groups is 1. The lowest BCUT2D eigenvalue weighted by atomic mass is 9.89. The van der Waals surface area contributed by atoms with Gasteiger partial charge in [0.05, 0.1) is 62.0 Å². The zero-order valence-electron chi connectivity index (χ0n) is 44.0. The van der Waals surface area contributed by atoms with Crippen molar-refractivity contribution in [2.45, 2.75) is 25.7 Å². The first-order valence-corrected chi connectivity index (χ1v) is 26.2. The Morgan fingerprint density at radius 3 is 1.96 bits per heavy atom. The number of nitrogens with one attached hydrogen (secondary N) is 1. The van der Waals surface area contributed by atoms with Crippen LogP contribution in [0.1, 0.15) is 46.4 Å². The van der Waals surface area contributed by atoms with E-state index in [4.69, 9.17) is 22.9 Å². The summed E-state index contributed by atoms with van der Waals surface area (Å²) in [6.45, 7) is 0.307. The van der Waals surface area contributed by atoms with Gasteiger partial charge in [-0.05, 0) is 91.2 Å². The highest BCUT2D eigenvalue weighted by Crippen LogP contribution is 2.45. The fourth-order valence-electron chi connectivity index (χ4n) is 8.27. The Morgan fingerprint density at radius 2 is 1.36 bits per heavy atom. The average molecular weight is 1090 g/mol. The summed E-state index contributed by atoms with van der Waals surface area (Å²) >= 11 is 0. The number of aromatic carboxylic acids is 1. The number of nitro benzene ring substituents is 1. The number of hydrogen-bond donors (Lipinski definition) is 4. The lowest BCUT2D eigenvalue weighted by Gasteiger charge is -2.24. The molecule has 1 amide bonds. The number of hydrogen-bond acceptors (Lipinski definition) is 17. The normalized spacial score (nSPS) is 12.3. The maximum Gasteiger partial charge on any atom is 0.472 e. The number of anilines is 2. The molecule has 0 bridgehead atoms. The van der Waals surface area contributed by atoms with Crippen LogP contribution in [0.15, 0.2) is 140 Å². The molecule has 1 atom stereocenters. The van der Waals surface area contributed by atoms with E-state index in [1.807, 2.05) is 74.1 Å². The summed E-state index contributed by atoms with van der Waals surface area (Å²) in [4.78, 5) is 50.8. The van der Waals surface area contributed by atoms with Gasteiger partial charge in [0.1, 0.15) is 48.3 Å². The molecular weight excluding hydrogens is 1030 g/mol. The van der Waals surface area contributed by atoms with Crippen molar-refractivity contribution in [2.75, 3.05) is 91.7 Å². The number of fused-ring (bicyclic) bond motifs is 2. The number of aliphatic hydroxyl groups excluding tert-OH is 1. The van der Waals surface area contributed by atoms with Crippen LogP contribution in [0.3, 0.4) is 0 Å². The monoisotopic (exact) mass is 1090 g/mol. The predicted molar refractivity (Wildman–Crippen MR) is 296 cm³/mol. The summed E-state index contributed by atoms with van der Waals surface area (Å²) < 4.78 is 42.6. The van der Waals surface area contributed by atoms with E-state index >= 15 is 0 Å². The first kappa shape index (κ1) is 57.3. The molecule has 408 valence electrons. The van der Waals surface area contributed by atoms with E-state index in [-0.39, 0.29) is 50.1 Å². The van der Waals surface area contributed by atoms with E-state index in [2.05, 4.69) is 25.8 Å². The zero-order chi connectivity index (χ0) is 55.9. The molecule has 1 unspecified atom stereocenters. The summed E-state index contributed by atoms with van der Waals surface area (Å²) in [5, 5.41) is 52.7. The van der Waals surface area contributed by atoms with E-state index in [1.165, 1.54) is 50.6 Å². The van der Waals surface area contributed by atoms with Gasteiger partial charge in [0, 0.05) is 104 Å². The van der Waals surface area contributed by atoms with Gasteiger partial charge in [-0.15, -0.1) is 10.2 Å². The molecule has 1 aliphatic carbocycles. The molecule has 0 saturated carbocycles. The molecule has 78 heavy (non-hydrogen) atoms. The Balaban J connectivity index is 0.869. The van der Waals surface area contributed by atoms with Crippen LogP contribution in [0.5, 0.6) is 11.5 Å². The van der Waals surface area contributed by atoms with Gasteiger partial charge in [0.25, 0.3) is 11.6 Å². The standard InChI is InChI=1S/C55H60N9O13P/c1-61(2)41-20-23-44-49(32-41)77-50-33-42(62(3)4)21-24-45(50)53(44)46-31-36(11-22-43(46)55(67)68)54(66)56-25-9-7-8-10-29-75-78(71,72)76-30-27-63(26-28-65)39-16-12-37(13-17-39)57-59-47-34-52(74-6)48(35-51(47)73-5)60-58-38-14-18-40(19-15-38)64(69)70/h11-24,31-35,65H,7-10,25-30H2,1-6H3,(H2-,56,66,67,68,71,72)/p+1/b59-57+,60-58+. The van der Waals surface area contributed by atoms with Crippen LogP contribution >= 0.6 is 7.82 Å². The molecule has 22 nitrogen and oxygen atoms in total. The number of carboxylic acids is 1. The molecule has 5 aromatic rings. The number of carboxylic acid groups (broad SMARTS) is 1. The van der Waals surface area contributed by atoms with Gasteiger partial charge in [-0.25, -0.2) is 13.9 Å². The number of ether oxygens (including phenoxy) is 2. The quantitative estimate of drug-likeness (QED) is 0.00746. The number of nitro groups is 1. The molecule has 1 heterocycles. The Hall–Kier alpha value is -8.40. The van der Waals surface area contributed by atoms with Crippen molar-refractivity contribution in [3.8, 4) is 33.9 Å². The third-order valence-corrected chi connectivity index (χ3v) is 13.4. The van der Waals surface area contributed by atoms with E-state index in [1.54, 1.807) is 47.4 Å². The van der Waals surface area contributed by atoms with Gasteiger partial charge in [-0.2, -0.15) is 10.2 Å². The maximum absolute atomic E-state index is 13.5. The number of phosphoric ester groups is 1. The molecular formula is C55H61N9O13P+. The molecule has 0 fully saturated rings. The topological polar surface area (TPSA) is 276 Å². The number of benzene rings is 6. The van der Waals surface area contributed by atoms with Gasteiger partial charge in [-0.1, -0.05) is 12.8 Å². The number of carbonyl (C=O) groups excluding carboxylic acids is 1. The Bertz CT molecular complexity index is 3420. The van der Waals surface area contributed by atoms with Gasteiger partial charge in [0.15, 0.2) is 0 Å². The lowest BCUT2D eigenvalue weighted by Crippen LogP contribution is -2.30. The summed E-state index contributed by atoms with van der Waals surface area (Å²) in [6, 6.07) is 31.7. The second kappa shape index (κ2) is 26.6. The van der Waals surface area contributed by atoms with Crippen molar-refractivity contribution < 1.29 is 57.1 Å². The first-order chi connectivity index (χ1) is 37.5. The van der Waals surface area contributed by atoms with Crippen molar-refractivity contribution in [2.24, 2.45) is 20.5 Å². The number of azo groups is 2. The van der Waals surface area contributed by atoms with Crippen molar-refractivity contribution >= 4 is 70.5 Å². The highest BCUT2D eigenvalue weighted by atomic mass is 31.2. The van der Waals surface area contributed by atoms with Crippen LogP contribution in [-0.2, 0) is 13.6 Å². The van der Waals surface area contributed by atoms with Crippen LogP contribution in [0.2, 0.25) is 0 Å². The molecule has 23 heteroatoms. The van der Waals surface area contributed by atoms with Gasteiger partial charge < -0.3 is 44.1 Å². The second-order valence-corrected chi connectivity index (χ2v) is 19.5. The highest BCUT2D eigenvalue weighted by molar-refractivity contribution is 7.47. The predicted octanol–water partition coefficient (Wildman–Crippen LogP) is 10.7. The number of carbonyl (C=O) groups is 2. The van der Waals surface area contributed by atoms with Gasteiger partial charge in [-0.3, -0.25) is 24.0 Å². The van der Waals surface area contributed by atoms with E-state index in [0.717, 1.165) is 11.0 Å². The molecule has 5 aromatic carbocycles. The third kappa shape index (κ3) is 14.7. The van der Waals surface area contributed by atoms with Crippen molar-refractivity contribution in [1.29, 1.82) is 0 Å². The van der Waals surface area contributed by atoms with Crippen LogP contribution < -0.4 is 34.5 Å². The largest absolute Gasteiger partial charge is 0.494 e. The number of amides is 1. The van der Waals surface area contributed by atoms with E-state index in [9.17, 15) is 39.4 Å². The Kier molecular flexibility index (Phi) is 19.5.